The highest BCUT2D eigenvalue weighted by molar-refractivity contribution is 6.00. The molecule has 2 bridgehead atoms. The molecule has 0 N–H and O–H groups in total. The third-order valence-corrected chi connectivity index (χ3v) is 4.52. The van der Waals surface area contributed by atoms with Crippen molar-refractivity contribution in [2.24, 2.45) is 17.3 Å². The molecule has 1 spiro atoms. The van der Waals surface area contributed by atoms with Crippen LogP contribution in [-0.4, -0.2) is 30.9 Å². The van der Waals surface area contributed by atoms with Gasteiger partial charge in [0, 0.05) is 18.8 Å². The van der Waals surface area contributed by atoms with Gasteiger partial charge in [-0.15, -0.1) is 0 Å². The minimum Gasteiger partial charge on any atom is -0.469 e. The van der Waals surface area contributed by atoms with Crippen molar-refractivity contribution in [1.29, 1.82) is 0 Å². The van der Waals surface area contributed by atoms with Gasteiger partial charge in [-0.05, 0) is 12.8 Å². The monoisotopic (exact) mass is 238 g/mol. The molecule has 2 aliphatic carbocycles. The van der Waals surface area contributed by atoms with Crippen molar-refractivity contribution in [2.75, 3.05) is 7.11 Å². The van der Waals surface area contributed by atoms with E-state index in [4.69, 9.17) is 9.47 Å². The van der Waals surface area contributed by atoms with Gasteiger partial charge in [0.25, 0.3) is 0 Å². The molecule has 5 heteroatoms. The number of fused-ring (bicyclic) bond motifs is 1. The summed E-state index contributed by atoms with van der Waals surface area (Å²) in [6.45, 7) is 0. The van der Waals surface area contributed by atoms with E-state index in [0.29, 0.717) is 12.8 Å². The maximum Gasteiger partial charge on any atom is 0.314 e. The van der Waals surface area contributed by atoms with Gasteiger partial charge in [-0.3, -0.25) is 14.4 Å². The number of Topliss-reactive ketones (excluding diaryl/α,β-unsaturated/α-hetero) is 1. The van der Waals surface area contributed by atoms with Crippen molar-refractivity contribution < 1.29 is 23.9 Å². The van der Waals surface area contributed by atoms with Crippen LogP contribution in [0, 0.1) is 17.3 Å². The zero-order chi connectivity index (χ0) is 12.2. The van der Waals surface area contributed by atoms with Crippen molar-refractivity contribution >= 4 is 17.7 Å². The smallest absolute Gasteiger partial charge is 0.314 e. The third kappa shape index (κ3) is 1.17. The predicted molar refractivity (Wildman–Crippen MR) is 54.8 cm³/mol. The van der Waals surface area contributed by atoms with Gasteiger partial charge in [0.05, 0.1) is 18.4 Å². The van der Waals surface area contributed by atoms with E-state index in [9.17, 15) is 14.4 Å². The Morgan fingerprint density at radius 1 is 1.41 bits per heavy atom. The summed E-state index contributed by atoms with van der Waals surface area (Å²) in [6, 6.07) is 0. The summed E-state index contributed by atoms with van der Waals surface area (Å²) in [5.74, 6) is -1.79. The van der Waals surface area contributed by atoms with E-state index in [1.165, 1.54) is 7.11 Å². The van der Waals surface area contributed by atoms with Crippen molar-refractivity contribution in [1.82, 2.24) is 0 Å². The first-order valence-electron chi connectivity index (χ1n) is 5.91. The van der Waals surface area contributed by atoms with Crippen molar-refractivity contribution in [3.05, 3.63) is 0 Å². The molecule has 0 radical (unpaired) electrons. The first kappa shape index (κ1) is 10.7. The van der Waals surface area contributed by atoms with E-state index in [1.54, 1.807) is 0 Å². The van der Waals surface area contributed by atoms with E-state index in [1.807, 2.05) is 0 Å². The van der Waals surface area contributed by atoms with Crippen LogP contribution in [0.25, 0.3) is 0 Å². The number of hydrogen-bond donors (Lipinski definition) is 0. The number of carbonyl (C=O) groups excluding carboxylic acids is 3. The molecule has 1 aliphatic heterocycles. The van der Waals surface area contributed by atoms with Gasteiger partial charge in [0.2, 0.25) is 0 Å². The van der Waals surface area contributed by atoms with Gasteiger partial charge in [-0.1, -0.05) is 0 Å². The molecule has 3 aliphatic rings. The predicted octanol–water partition coefficient (Wildman–Crippen LogP) is 0.460. The summed E-state index contributed by atoms with van der Waals surface area (Å²) >= 11 is 0. The van der Waals surface area contributed by atoms with Crippen LogP contribution < -0.4 is 0 Å². The van der Waals surface area contributed by atoms with Gasteiger partial charge in [0.1, 0.15) is 11.9 Å². The standard InChI is InChI=1S/C12H14O5/c1-16-10(14)8-4-9(13)7-3-2-6-5-12(7,8)11(15)17-6/h6-8H,2-5H2,1H3/t6-,7-,8+,12-/m0/s1. The Balaban J connectivity index is 2.06. The van der Waals surface area contributed by atoms with Gasteiger partial charge in [0.15, 0.2) is 0 Å². The first-order valence-corrected chi connectivity index (χ1v) is 5.91. The molecular formula is C12H14O5. The Hall–Kier alpha value is -1.39. The highest BCUT2D eigenvalue weighted by atomic mass is 16.6. The number of ketones is 1. The zero-order valence-electron chi connectivity index (χ0n) is 9.60. The quantitative estimate of drug-likeness (QED) is 0.621. The number of carbonyl (C=O) groups is 3. The van der Waals surface area contributed by atoms with Crippen LogP contribution in [0.4, 0.5) is 0 Å². The van der Waals surface area contributed by atoms with E-state index in [0.717, 1.165) is 6.42 Å². The van der Waals surface area contributed by atoms with Crippen LogP contribution in [0.1, 0.15) is 25.7 Å². The van der Waals surface area contributed by atoms with Crippen LogP contribution in [-0.2, 0) is 23.9 Å². The Morgan fingerprint density at radius 3 is 2.88 bits per heavy atom. The molecule has 2 saturated carbocycles. The summed E-state index contributed by atoms with van der Waals surface area (Å²) in [6.07, 6.45) is 1.90. The van der Waals surface area contributed by atoms with Gasteiger partial charge < -0.3 is 9.47 Å². The fourth-order valence-electron chi connectivity index (χ4n) is 3.76. The second-order valence-corrected chi connectivity index (χ2v) is 5.15. The maximum absolute atomic E-state index is 12.1. The number of methoxy groups -OCH3 is 1. The van der Waals surface area contributed by atoms with Crippen LogP contribution in [0.5, 0.6) is 0 Å². The molecule has 0 amide bonds. The van der Waals surface area contributed by atoms with E-state index in [2.05, 4.69) is 0 Å². The fourth-order valence-corrected chi connectivity index (χ4v) is 3.76. The lowest BCUT2D eigenvalue weighted by molar-refractivity contribution is -0.160. The van der Waals surface area contributed by atoms with Gasteiger partial charge in [-0.2, -0.15) is 0 Å². The van der Waals surface area contributed by atoms with Crippen LogP contribution in [0.2, 0.25) is 0 Å². The SMILES string of the molecule is COC(=O)[C@H]1CC(=O)[C@@H]2CC[C@H]3C[C@@]12C(=O)O3. The molecule has 0 aromatic rings. The van der Waals surface area contributed by atoms with Crippen LogP contribution in [0.3, 0.4) is 0 Å². The van der Waals surface area contributed by atoms with Crippen molar-refractivity contribution in [3.8, 4) is 0 Å². The Bertz CT molecular complexity index is 413. The average Bonchev–Trinajstić information content (AvgIpc) is 2.75. The maximum atomic E-state index is 12.1. The zero-order valence-corrected chi connectivity index (χ0v) is 9.60. The average molecular weight is 238 g/mol. The molecule has 0 aromatic carbocycles. The molecule has 17 heavy (non-hydrogen) atoms. The second kappa shape index (κ2) is 3.31. The Kier molecular flexibility index (Phi) is 2.09. The lowest BCUT2D eigenvalue weighted by Gasteiger charge is -2.32. The lowest BCUT2D eigenvalue weighted by atomic mass is 9.65. The van der Waals surface area contributed by atoms with Crippen LogP contribution in [0.15, 0.2) is 0 Å². The van der Waals surface area contributed by atoms with Crippen molar-refractivity contribution in [3.63, 3.8) is 0 Å². The molecule has 0 unspecified atom stereocenters. The molecule has 1 saturated heterocycles. The fraction of sp³-hybridized carbons (Fsp3) is 0.750. The number of ether oxygens (including phenoxy) is 2. The molecule has 4 atom stereocenters. The van der Waals surface area contributed by atoms with Crippen LogP contribution >= 0.6 is 0 Å². The molecular weight excluding hydrogens is 224 g/mol. The minimum absolute atomic E-state index is 0.0118. The summed E-state index contributed by atoms with van der Waals surface area (Å²) in [7, 11) is 1.29. The number of rotatable bonds is 1. The Morgan fingerprint density at radius 2 is 2.18 bits per heavy atom. The second-order valence-electron chi connectivity index (χ2n) is 5.15. The summed E-state index contributed by atoms with van der Waals surface area (Å²) in [5, 5.41) is 0. The largest absolute Gasteiger partial charge is 0.469 e. The first-order chi connectivity index (χ1) is 8.09. The number of esters is 2. The highest BCUT2D eigenvalue weighted by Gasteiger charge is 2.68. The topological polar surface area (TPSA) is 69.7 Å². The molecule has 3 fully saturated rings. The van der Waals surface area contributed by atoms with Crippen molar-refractivity contribution in [2.45, 2.75) is 31.8 Å². The highest BCUT2D eigenvalue weighted by Crippen LogP contribution is 2.59. The van der Waals surface area contributed by atoms with Gasteiger partial charge in [-0.25, -0.2) is 0 Å². The van der Waals surface area contributed by atoms with E-state index in [-0.39, 0.29) is 30.2 Å². The lowest BCUT2D eigenvalue weighted by Crippen LogP contribution is -2.42. The molecule has 92 valence electrons. The van der Waals surface area contributed by atoms with E-state index < -0.39 is 17.3 Å². The van der Waals surface area contributed by atoms with E-state index >= 15 is 0 Å². The summed E-state index contributed by atoms with van der Waals surface area (Å²) in [5.41, 5.74) is -0.910. The molecule has 0 aromatic heterocycles. The summed E-state index contributed by atoms with van der Waals surface area (Å²) < 4.78 is 9.99. The number of hydrogen-bond acceptors (Lipinski definition) is 5. The third-order valence-electron chi connectivity index (χ3n) is 4.52. The normalized spacial score (nSPS) is 43.2. The molecule has 3 rings (SSSR count). The minimum atomic E-state index is -0.910. The molecule has 1 heterocycles. The Labute approximate surface area is 98.4 Å². The molecule has 5 nitrogen and oxygen atoms in total. The van der Waals surface area contributed by atoms with Gasteiger partial charge >= 0.3 is 11.9 Å². The summed E-state index contributed by atoms with van der Waals surface area (Å²) in [4.78, 5) is 35.8.